The minimum Gasteiger partial charge on any atom is -0.310 e. The highest BCUT2D eigenvalue weighted by Crippen LogP contribution is 2.37. The Morgan fingerprint density at radius 2 is 2.05 bits per heavy atom. The fourth-order valence-corrected chi connectivity index (χ4v) is 4.31. The van der Waals surface area contributed by atoms with Gasteiger partial charge >= 0.3 is 0 Å². The summed E-state index contributed by atoms with van der Waals surface area (Å²) in [6.45, 7) is 4.96. The standard InChI is InChI=1S/C14H18Cl3N3S/c1-4-9-13(16)11(20(3)19-9)7-10(18-5-2)8-6-12(15)21-14(8)17/h6,10,18H,4-5,7H2,1-3H3. The van der Waals surface area contributed by atoms with Crippen LogP contribution in [0.3, 0.4) is 0 Å². The lowest BCUT2D eigenvalue weighted by Gasteiger charge is -2.18. The van der Waals surface area contributed by atoms with E-state index in [-0.39, 0.29) is 6.04 Å². The summed E-state index contributed by atoms with van der Waals surface area (Å²) in [5.74, 6) is 0. The molecule has 7 heteroatoms. The summed E-state index contributed by atoms with van der Waals surface area (Å²) >= 11 is 20.2. The van der Waals surface area contributed by atoms with E-state index >= 15 is 0 Å². The van der Waals surface area contributed by atoms with Gasteiger partial charge in [0.2, 0.25) is 0 Å². The van der Waals surface area contributed by atoms with Crippen LogP contribution < -0.4 is 5.32 Å². The fourth-order valence-electron chi connectivity index (χ4n) is 2.36. The van der Waals surface area contributed by atoms with Gasteiger partial charge in [0.15, 0.2) is 0 Å². The van der Waals surface area contributed by atoms with Crippen molar-refractivity contribution >= 4 is 46.1 Å². The average Bonchev–Trinajstić information content (AvgIpc) is 2.90. The summed E-state index contributed by atoms with van der Waals surface area (Å²) in [4.78, 5) is 0. The van der Waals surface area contributed by atoms with Gasteiger partial charge in [0, 0.05) is 25.1 Å². The van der Waals surface area contributed by atoms with E-state index in [2.05, 4.69) is 24.3 Å². The van der Waals surface area contributed by atoms with Crippen molar-refractivity contribution in [2.24, 2.45) is 7.05 Å². The van der Waals surface area contributed by atoms with Gasteiger partial charge in [-0.05, 0) is 19.0 Å². The molecule has 0 spiro atoms. The van der Waals surface area contributed by atoms with Gasteiger partial charge < -0.3 is 5.32 Å². The topological polar surface area (TPSA) is 29.9 Å². The van der Waals surface area contributed by atoms with Crippen LogP contribution in [0, 0.1) is 0 Å². The Balaban J connectivity index is 2.33. The molecule has 0 amide bonds. The zero-order chi connectivity index (χ0) is 15.6. The summed E-state index contributed by atoms with van der Waals surface area (Å²) in [5.41, 5.74) is 2.96. The number of aryl methyl sites for hydroxylation is 2. The summed E-state index contributed by atoms with van der Waals surface area (Å²) < 4.78 is 3.27. The molecule has 21 heavy (non-hydrogen) atoms. The molecule has 2 rings (SSSR count). The molecule has 2 aromatic heterocycles. The molecular weight excluding hydrogens is 349 g/mol. The van der Waals surface area contributed by atoms with E-state index in [9.17, 15) is 0 Å². The maximum Gasteiger partial charge on any atom is 0.0992 e. The smallest absolute Gasteiger partial charge is 0.0992 e. The van der Waals surface area contributed by atoms with Crippen LogP contribution in [0.4, 0.5) is 0 Å². The molecule has 0 aliphatic rings. The summed E-state index contributed by atoms with van der Waals surface area (Å²) in [6.07, 6.45) is 1.55. The average molecular weight is 367 g/mol. The first-order valence-electron chi connectivity index (χ1n) is 6.86. The molecule has 0 aliphatic heterocycles. The second kappa shape index (κ2) is 7.34. The second-order valence-electron chi connectivity index (χ2n) is 4.78. The molecule has 1 N–H and O–H groups in total. The fraction of sp³-hybridized carbons (Fsp3) is 0.500. The van der Waals surface area contributed by atoms with E-state index in [0.29, 0.717) is 4.34 Å². The van der Waals surface area contributed by atoms with Crippen LogP contribution >= 0.6 is 46.1 Å². The molecule has 116 valence electrons. The first kappa shape index (κ1) is 17.1. The molecule has 2 heterocycles. The molecule has 0 saturated heterocycles. The summed E-state index contributed by atoms with van der Waals surface area (Å²) in [6, 6.07) is 2.00. The summed E-state index contributed by atoms with van der Waals surface area (Å²) in [7, 11) is 1.92. The van der Waals surface area contributed by atoms with Gasteiger partial charge in [-0.25, -0.2) is 0 Å². The van der Waals surface area contributed by atoms with Gasteiger partial charge in [0.05, 0.1) is 25.1 Å². The van der Waals surface area contributed by atoms with Crippen molar-refractivity contribution in [1.29, 1.82) is 0 Å². The van der Waals surface area contributed by atoms with Crippen LogP contribution in [-0.2, 0) is 19.9 Å². The maximum absolute atomic E-state index is 6.44. The number of thiophene rings is 1. The van der Waals surface area contributed by atoms with Crippen LogP contribution in [0.5, 0.6) is 0 Å². The molecule has 0 fully saturated rings. The van der Waals surface area contributed by atoms with E-state index in [1.165, 1.54) is 11.3 Å². The van der Waals surface area contributed by atoms with Crippen molar-refractivity contribution in [2.75, 3.05) is 6.54 Å². The van der Waals surface area contributed by atoms with Crippen molar-refractivity contribution in [1.82, 2.24) is 15.1 Å². The van der Waals surface area contributed by atoms with Crippen LogP contribution in [0.2, 0.25) is 13.7 Å². The minimum absolute atomic E-state index is 0.0730. The van der Waals surface area contributed by atoms with E-state index in [1.807, 2.05) is 17.8 Å². The van der Waals surface area contributed by atoms with E-state index in [1.54, 1.807) is 0 Å². The van der Waals surface area contributed by atoms with Crippen molar-refractivity contribution in [2.45, 2.75) is 32.7 Å². The van der Waals surface area contributed by atoms with Crippen LogP contribution in [0.25, 0.3) is 0 Å². The Morgan fingerprint density at radius 1 is 1.33 bits per heavy atom. The SMILES string of the molecule is CCNC(Cc1c(Cl)c(CC)nn1C)c1cc(Cl)sc1Cl. The van der Waals surface area contributed by atoms with Gasteiger partial charge in [-0.1, -0.05) is 48.7 Å². The zero-order valence-electron chi connectivity index (χ0n) is 12.2. The Morgan fingerprint density at radius 3 is 2.52 bits per heavy atom. The monoisotopic (exact) mass is 365 g/mol. The number of nitrogens with one attached hydrogen (secondary N) is 1. The highest BCUT2D eigenvalue weighted by Gasteiger charge is 2.22. The van der Waals surface area contributed by atoms with Gasteiger partial charge in [0.1, 0.15) is 0 Å². The Hall–Kier alpha value is -0.260. The number of nitrogens with zero attached hydrogens (tertiary/aromatic N) is 2. The van der Waals surface area contributed by atoms with Crippen molar-refractivity contribution < 1.29 is 0 Å². The lowest BCUT2D eigenvalue weighted by Crippen LogP contribution is -2.23. The number of likely N-dealkylation sites (N-methyl/N-ethyl adjacent to an activating group) is 1. The first-order valence-corrected chi connectivity index (χ1v) is 8.81. The number of hydrogen-bond acceptors (Lipinski definition) is 3. The normalized spacial score (nSPS) is 12.9. The first-order chi connectivity index (χ1) is 9.97. The van der Waals surface area contributed by atoms with Crippen molar-refractivity contribution in [3.05, 3.63) is 36.7 Å². The third-order valence-electron chi connectivity index (χ3n) is 3.41. The quantitative estimate of drug-likeness (QED) is 0.788. The molecule has 0 saturated carbocycles. The second-order valence-corrected chi connectivity index (χ2v) is 7.44. The minimum atomic E-state index is 0.0730. The number of halogens is 3. The molecule has 0 bridgehead atoms. The Labute approximate surface area is 144 Å². The third-order valence-corrected chi connectivity index (χ3v) is 5.36. The Kier molecular flexibility index (Phi) is 5.97. The van der Waals surface area contributed by atoms with Crippen LogP contribution in [-0.4, -0.2) is 16.3 Å². The molecule has 0 radical (unpaired) electrons. The molecule has 3 nitrogen and oxygen atoms in total. The third kappa shape index (κ3) is 3.74. The zero-order valence-corrected chi connectivity index (χ0v) is 15.3. The molecule has 0 aromatic carbocycles. The predicted octanol–water partition coefficient (Wildman–Crippen LogP) is 4.90. The van der Waals surface area contributed by atoms with E-state index in [4.69, 9.17) is 34.8 Å². The molecule has 1 atom stereocenters. The van der Waals surface area contributed by atoms with Crippen LogP contribution in [0.15, 0.2) is 6.07 Å². The van der Waals surface area contributed by atoms with Gasteiger partial charge in [-0.3, -0.25) is 4.68 Å². The van der Waals surface area contributed by atoms with E-state index in [0.717, 1.165) is 45.7 Å². The highest BCUT2D eigenvalue weighted by atomic mass is 35.5. The molecular formula is C14H18Cl3N3S. The highest BCUT2D eigenvalue weighted by molar-refractivity contribution is 7.20. The van der Waals surface area contributed by atoms with Gasteiger partial charge in [0.25, 0.3) is 0 Å². The lowest BCUT2D eigenvalue weighted by atomic mass is 10.0. The number of rotatable bonds is 6. The summed E-state index contributed by atoms with van der Waals surface area (Å²) in [5, 5.41) is 8.66. The Bertz CT molecular complexity index is 621. The molecule has 1 unspecified atom stereocenters. The van der Waals surface area contributed by atoms with E-state index < -0.39 is 0 Å². The number of hydrogen-bond donors (Lipinski definition) is 1. The molecule has 0 aliphatic carbocycles. The largest absolute Gasteiger partial charge is 0.310 e. The predicted molar refractivity (Wildman–Crippen MR) is 92.1 cm³/mol. The molecule has 2 aromatic rings. The van der Waals surface area contributed by atoms with Crippen molar-refractivity contribution in [3.8, 4) is 0 Å². The van der Waals surface area contributed by atoms with Gasteiger partial charge in [-0.15, -0.1) is 11.3 Å². The van der Waals surface area contributed by atoms with Crippen LogP contribution in [0.1, 0.15) is 36.8 Å². The van der Waals surface area contributed by atoms with Gasteiger partial charge in [-0.2, -0.15) is 5.10 Å². The lowest BCUT2D eigenvalue weighted by molar-refractivity contribution is 0.530. The maximum atomic E-state index is 6.44. The van der Waals surface area contributed by atoms with Crippen molar-refractivity contribution in [3.63, 3.8) is 0 Å². The number of aromatic nitrogens is 2.